The summed E-state index contributed by atoms with van der Waals surface area (Å²) in [5.74, 6) is 0. The van der Waals surface area contributed by atoms with Crippen LogP contribution in [0.5, 0.6) is 0 Å². The standard InChI is InChI=1S/C5H12.2Al.H2.6H/c1-3-5-4-2;;;;;;;;;/h3-5H2,1-2H3;;;1H;;;;;;. The topological polar surface area (TPSA) is 0 Å². The molecule has 0 fully saturated rings. The van der Waals surface area contributed by atoms with E-state index in [0.717, 1.165) is 0 Å². The van der Waals surface area contributed by atoms with Crippen LogP contribution < -0.4 is 0 Å². The molecule has 0 unspecified atom stereocenters. The number of hydrogen-bond acceptors (Lipinski definition) is 0. The Morgan fingerprint density at radius 3 is 1.29 bits per heavy atom. The third kappa shape index (κ3) is 19.3. The molecule has 0 nitrogen and oxygen atoms in total. The van der Waals surface area contributed by atoms with Crippen LogP contribution in [-0.4, -0.2) is 34.7 Å². The predicted octanol–water partition coefficient (Wildman–Crippen LogP) is 0.0747. The van der Waals surface area contributed by atoms with Gasteiger partial charge in [-0.05, 0) is 0 Å². The molecular weight excluding hydrogens is 114 g/mol. The van der Waals surface area contributed by atoms with E-state index in [0.29, 0.717) is 0 Å². The number of unbranched alkanes of at least 4 members (excludes halogenated alkanes) is 2. The van der Waals surface area contributed by atoms with Crippen molar-refractivity contribution in [1.82, 2.24) is 0 Å². The van der Waals surface area contributed by atoms with E-state index in [4.69, 9.17) is 0 Å². The van der Waals surface area contributed by atoms with Gasteiger partial charge in [-0.25, -0.2) is 0 Å². The molecule has 0 aromatic carbocycles. The van der Waals surface area contributed by atoms with Crippen molar-refractivity contribution in [1.29, 1.82) is 0 Å². The summed E-state index contributed by atoms with van der Waals surface area (Å²) in [6.07, 6.45) is 4.08. The molecule has 0 rings (SSSR count). The van der Waals surface area contributed by atoms with Crippen molar-refractivity contribution in [3.8, 4) is 0 Å². The molecule has 0 aromatic rings. The summed E-state index contributed by atoms with van der Waals surface area (Å²) in [4.78, 5) is 0. The van der Waals surface area contributed by atoms with E-state index in [2.05, 4.69) is 13.8 Å². The Balaban J connectivity index is -0.0000000267. The van der Waals surface area contributed by atoms with Crippen molar-refractivity contribution < 1.29 is 1.43 Å². The smallest absolute Gasteiger partial charge is 0.0654 e. The average Bonchev–Trinajstić information content (AvgIpc) is 1.41. The summed E-state index contributed by atoms with van der Waals surface area (Å²) in [6.45, 7) is 4.42. The average molecular weight is 134 g/mol. The Kier molecular flexibility index (Phi) is 35.3. The van der Waals surface area contributed by atoms with Crippen LogP contribution in [0.2, 0.25) is 0 Å². The highest BCUT2D eigenvalue weighted by molar-refractivity contribution is 5.76. The minimum Gasteiger partial charge on any atom is -0.0654 e. The fourth-order valence-corrected chi connectivity index (χ4v) is 0.354. The van der Waals surface area contributed by atoms with Crippen molar-refractivity contribution in [2.75, 3.05) is 0 Å². The fraction of sp³-hybridized carbons (Fsp3) is 1.00. The van der Waals surface area contributed by atoms with Crippen LogP contribution in [0.15, 0.2) is 0 Å². The van der Waals surface area contributed by atoms with Crippen molar-refractivity contribution in [3.05, 3.63) is 0 Å². The zero-order chi connectivity index (χ0) is 4.12. The van der Waals surface area contributed by atoms with Gasteiger partial charge >= 0.3 is 0 Å². The monoisotopic (exact) mass is 134 g/mol. The molecule has 0 atom stereocenters. The Bertz CT molecular complexity index is 17.9. The molecule has 46 valence electrons. The van der Waals surface area contributed by atoms with E-state index in [1.54, 1.807) is 0 Å². The predicted molar refractivity (Wildman–Crippen MR) is 47.2 cm³/mol. The molecule has 0 aliphatic heterocycles. The lowest BCUT2D eigenvalue weighted by Crippen LogP contribution is -1.59. The highest BCUT2D eigenvalue weighted by Crippen LogP contribution is 1.88. The summed E-state index contributed by atoms with van der Waals surface area (Å²) < 4.78 is 0. The molecule has 7 heavy (non-hydrogen) atoms. The van der Waals surface area contributed by atoms with Crippen LogP contribution in [0, 0.1) is 0 Å². The molecule has 0 aromatic heterocycles. The molecule has 0 aliphatic carbocycles. The van der Waals surface area contributed by atoms with Crippen LogP contribution in [0.1, 0.15) is 34.5 Å². The van der Waals surface area contributed by atoms with Gasteiger partial charge < -0.3 is 0 Å². The fourth-order valence-electron chi connectivity index (χ4n) is 0.354. The van der Waals surface area contributed by atoms with Gasteiger partial charge in [0.05, 0.1) is 0 Å². The Morgan fingerprint density at radius 1 is 1.00 bits per heavy atom. The van der Waals surface area contributed by atoms with E-state index >= 15 is 0 Å². The molecule has 0 heterocycles. The van der Waals surface area contributed by atoms with Gasteiger partial charge in [0, 0.05) is 1.43 Å². The maximum absolute atomic E-state index is 2.21. The van der Waals surface area contributed by atoms with Gasteiger partial charge in [0.15, 0.2) is 34.7 Å². The van der Waals surface area contributed by atoms with Gasteiger partial charge in [0.1, 0.15) is 0 Å². The Labute approximate surface area is 69.4 Å². The quantitative estimate of drug-likeness (QED) is 0.469. The minimum atomic E-state index is 0. The lowest BCUT2D eigenvalue weighted by atomic mass is 10.3. The molecule has 0 bridgehead atoms. The molecule has 0 radical (unpaired) electrons. The second-order valence-electron chi connectivity index (χ2n) is 1.35. The van der Waals surface area contributed by atoms with Gasteiger partial charge in [0.25, 0.3) is 0 Å². The minimum absolute atomic E-state index is 0. The van der Waals surface area contributed by atoms with E-state index < -0.39 is 0 Å². The molecule has 0 aliphatic rings. The Hall–Kier alpha value is 1.06. The van der Waals surface area contributed by atoms with E-state index in [9.17, 15) is 0 Å². The normalized spacial score (nSPS) is 6.00. The number of hydrogen-bond donors (Lipinski definition) is 0. The van der Waals surface area contributed by atoms with E-state index in [-0.39, 0.29) is 36.1 Å². The van der Waals surface area contributed by atoms with Crippen molar-refractivity contribution >= 4 is 34.7 Å². The summed E-state index contributed by atoms with van der Waals surface area (Å²) in [5, 5.41) is 0. The third-order valence-corrected chi connectivity index (χ3v) is 0.707. The van der Waals surface area contributed by atoms with Crippen LogP contribution >= 0.6 is 0 Å². The molecular formula is C5H20Al2. The van der Waals surface area contributed by atoms with Crippen molar-refractivity contribution in [2.45, 2.75) is 33.1 Å². The van der Waals surface area contributed by atoms with Crippen molar-refractivity contribution in [3.63, 3.8) is 0 Å². The molecule has 2 heteroatoms. The van der Waals surface area contributed by atoms with Gasteiger partial charge in [0.2, 0.25) is 0 Å². The second kappa shape index (κ2) is 15.7. The van der Waals surface area contributed by atoms with Gasteiger partial charge in [-0.15, -0.1) is 0 Å². The molecule has 0 saturated carbocycles. The lowest BCUT2D eigenvalue weighted by Gasteiger charge is -1.79. The summed E-state index contributed by atoms with van der Waals surface area (Å²) >= 11 is 0. The SMILES string of the molecule is CCCCC.[AlH3].[AlH3].[HH]. The van der Waals surface area contributed by atoms with Gasteiger partial charge in [-0.3, -0.25) is 0 Å². The van der Waals surface area contributed by atoms with E-state index in [1.165, 1.54) is 19.3 Å². The lowest BCUT2D eigenvalue weighted by molar-refractivity contribution is 0.772. The van der Waals surface area contributed by atoms with Crippen LogP contribution in [0.4, 0.5) is 0 Å². The first-order valence-corrected chi connectivity index (χ1v) is 2.41. The van der Waals surface area contributed by atoms with Crippen LogP contribution in [0.3, 0.4) is 0 Å². The third-order valence-electron chi connectivity index (χ3n) is 0.707. The molecule has 0 saturated heterocycles. The molecule has 0 amide bonds. The number of rotatable bonds is 2. The first kappa shape index (κ1) is 15.7. The molecule has 0 N–H and O–H groups in total. The van der Waals surface area contributed by atoms with E-state index in [1.807, 2.05) is 0 Å². The highest BCUT2D eigenvalue weighted by Gasteiger charge is 1.68. The molecule has 0 spiro atoms. The Morgan fingerprint density at radius 2 is 1.29 bits per heavy atom. The van der Waals surface area contributed by atoms with Gasteiger partial charge in [-0.2, -0.15) is 0 Å². The summed E-state index contributed by atoms with van der Waals surface area (Å²) in [7, 11) is 0. The van der Waals surface area contributed by atoms with Gasteiger partial charge in [-0.1, -0.05) is 33.1 Å². The zero-order valence-corrected chi connectivity index (χ0v) is 4.12. The first-order chi connectivity index (χ1) is 2.41. The second-order valence-corrected chi connectivity index (χ2v) is 1.35. The maximum Gasteiger partial charge on any atom is 0.187 e. The zero-order valence-electron chi connectivity index (χ0n) is 4.12. The maximum atomic E-state index is 2.21. The van der Waals surface area contributed by atoms with Crippen LogP contribution in [-0.2, 0) is 0 Å². The first-order valence-electron chi connectivity index (χ1n) is 2.41. The highest BCUT2D eigenvalue weighted by atomic mass is 27.0. The van der Waals surface area contributed by atoms with Crippen LogP contribution in [0.25, 0.3) is 0 Å². The summed E-state index contributed by atoms with van der Waals surface area (Å²) in [6, 6.07) is 0. The largest absolute Gasteiger partial charge is 0.187 e. The van der Waals surface area contributed by atoms with Crippen molar-refractivity contribution in [2.24, 2.45) is 0 Å². The summed E-state index contributed by atoms with van der Waals surface area (Å²) in [5.41, 5.74) is 0.